The average Bonchev–Trinajstić information content (AvgIpc) is 3.12. The fourth-order valence-corrected chi connectivity index (χ4v) is 4.36. The second-order valence-electron chi connectivity index (χ2n) is 6.42. The number of sulfone groups is 1. The zero-order chi connectivity index (χ0) is 20.1. The monoisotopic (exact) mass is 402 g/mol. The van der Waals surface area contributed by atoms with Crippen LogP contribution in [-0.2, 0) is 9.84 Å². The average molecular weight is 402 g/mol. The maximum atomic E-state index is 12.8. The Morgan fingerprint density at radius 1 is 1.11 bits per heavy atom. The van der Waals surface area contributed by atoms with Gasteiger partial charge < -0.3 is 14.4 Å². The maximum absolute atomic E-state index is 12.8. The smallest absolute Gasteiger partial charge is 0.337 e. The molecule has 2 aromatic carbocycles. The number of rotatable bonds is 9. The van der Waals surface area contributed by atoms with Gasteiger partial charge in [-0.15, -0.1) is 0 Å². The molecule has 3 aromatic rings. The third kappa shape index (κ3) is 4.33. The van der Waals surface area contributed by atoms with Crippen molar-refractivity contribution in [3.05, 3.63) is 54.1 Å². The Kier molecular flexibility index (Phi) is 5.99. The van der Waals surface area contributed by atoms with Crippen LogP contribution in [0.3, 0.4) is 0 Å². The van der Waals surface area contributed by atoms with Gasteiger partial charge in [0.15, 0.2) is 15.4 Å². The fourth-order valence-electron chi connectivity index (χ4n) is 2.90. The molecule has 0 fully saturated rings. The van der Waals surface area contributed by atoms with Crippen LogP contribution in [0, 0.1) is 0 Å². The van der Waals surface area contributed by atoms with Crippen molar-refractivity contribution in [1.82, 2.24) is 4.98 Å². The second kappa shape index (κ2) is 8.43. The first-order valence-corrected chi connectivity index (χ1v) is 10.7. The highest BCUT2D eigenvalue weighted by Gasteiger charge is 2.24. The molecule has 0 radical (unpaired) electrons. The number of benzene rings is 2. The minimum absolute atomic E-state index is 0.156. The van der Waals surface area contributed by atoms with Gasteiger partial charge in [0.05, 0.1) is 16.2 Å². The lowest BCUT2D eigenvalue weighted by Gasteiger charge is -2.20. The van der Waals surface area contributed by atoms with Gasteiger partial charge in [-0.3, -0.25) is 0 Å². The molecule has 7 nitrogen and oxygen atoms in total. The number of unbranched alkanes of at least 4 members (excludes halogenated alkanes) is 1. The van der Waals surface area contributed by atoms with E-state index < -0.39 is 15.8 Å². The zero-order valence-corrected chi connectivity index (χ0v) is 16.4. The Balaban J connectivity index is 1.84. The van der Waals surface area contributed by atoms with E-state index in [1.165, 1.54) is 24.3 Å². The number of aromatic carboxylic acids is 1. The number of carbonyl (C=O) groups is 1. The summed E-state index contributed by atoms with van der Waals surface area (Å²) < 4.78 is 31.4. The largest absolute Gasteiger partial charge is 0.478 e. The summed E-state index contributed by atoms with van der Waals surface area (Å²) in [5.74, 6) is -1.50. The molecular weight excluding hydrogens is 380 g/mol. The molecule has 0 aliphatic rings. The highest BCUT2D eigenvalue weighted by Crippen LogP contribution is 2.23. The molecule has 1 heterocycles. The van der Waals surface area contributed by atoms with Crippen LogP contribution in [0.5, 0.6) is 0 Å². The summed E-state index contributed by atoms with van der Waals surface area (Å²) in [6.45, 7) is 2.80. The van der Waals surface area contributed by atoms with Crippen LogP contribution in [0.4, 0.5) is 6.01 Å². The molecule has 148 valence electrons. The van der Waals surface area contributed by atoms with Crippen LogP contribution in [0.25, 0.3) is 11.1 Å². The number of fused-ring (bicyclic) bond motifs is 1. The van der Waals surface area contributed by atoms with E-state index in [0.717, 1.165) is 12.8 Å². The van der Waals surface area contributed by atoms with E-state index in [1.807, 2.05) is 31.2 Å². The van der Waals surface area contributed by atoms with Crippen molar-refractivity contribution in [1.29, 1.82) is 0 Å². The molecule has 3 rings (SSSR count). The number of aromatic nitrogens is 1. The first-order chi connectivity index (χ1) is 13.4. The van der Waals surface area contributed by atoms with Gasteiger partial charge in [-0.1, -0.05) is 37.6 Å². The Hall–Kier alpha value is -2.87. The summed E-state index contributed by atoms with van der Waals surface area (Å²) >= 11 is 0. The van der Waals surface area contributed by atoms with E-state index in [-0.39, 0.29) is 22.8 Å². The standard InChI is InChI=1S/C20H22N2O5S/c1-2-3-12-22(20-21-16-9-5-6-10-17(16)27-20)13-14-28(25,26)18-11-7-4-8-15(18)19(23)24/h4-11H,2-3,12-14H2,1H3,(H,23,24). The molecule has 0 unspecified atom stereocenters. The number of para-hydroxylation sites is 2. The third-order valence-electron chi connectivity index (χ3n) is 4.42. The number of carboxylic acid groups (broad SMARTS) is 1. The lowest BCUT2D eigenvalue weighted by molar-refractivity contribution is 0.0692. The van der Waals surface area contributed by atoms with Gasteiger partial charge in [-0.05, 0) is 30.7 Å². The van der Waals surface area contributed by atoms with Gasteiger partial charge in [0.1, 0.15) is 5.52 Å². The van der Waals surface area contributed by atoms with Crippen molar-refractivity contribution in [3.8, 4) is 0 Å². The number of hydrogen-bond donors (Lipinski definition) is 1. The SMILES string of the molecule is CCCCN(CCS(=O)(=O)c1ccccc1C(=O)O)c1nc2ccccc2o1. The van der Waals surface area contributed by atoms with E-state index in [1.54, 1.807) is 4.90 Å². The highest BCUT2D eigenvalue weighted by molar-refractivity contribution is 7.91. The molecule has 28 heavy (non-hydrogen) atoms. The summed E-state index contributed by atoms with van der Waals surface area (Å²) in [5.41, 5.74) is 1.13. The van der Waals surface area contributed by atoms with Gasteiger partial charge in [0.2, 0.25) is 0 Å². The van der Waals surface area contributed by atoms with Crippen molar-refractivity contribution < 1.29 is 22.7 Å². The molecule has 0 saturated heterocycles. The Morgan fingerprint density at radius 2 is 1.82 bits per heavy atom. The van der Waals surface area contributed by atoms with Crippen molar-refractivity contribution in [2.75, 3.05) is 23.7 Å². The molecule has 0 saturated carbocycles. The Labute approximate surface area is 163 Å². The summed E-state index contributed by atoms with van der Waals surface area (Å²) in [4.78, 5) is 17.4. The summed E-state index contributed by atoms with van der Waals surface area (Å²) in [5, 5.41) is 9.28. The molecule has 1 N–H and O–H groups in total. The summed E-state index contributed by atoms with van der Waals surface area (Å²) in [6.07, 6.45) is 1.79. The summed E-state index contributed by atoms with van der Waals surface area (Å²) in [6, 6.07) is 13.4. The number of oxazole rings is 1. The van der Waals surface area contributed by atoms with Crippen molar-refractivity contribution >= 4 is 32.9 Å². The molecule has 0 bridgehead atoms. The van der Waals surface area contributed by atoms with Crippen LogP contribution < -0.4 is 4.90 Å². The van der Waals surface area contributed by atoms with Crippen LogP contribution in [0.1, 0.15) is 30.1 Å². The van der Waals surface area contributed by atoms with Crippen molar-refractivity contribution in [3.63, 3.8) is 0 Å². The van der Waals surface area contributed by atoms with Gasteiger partial charge in [0.25, 0.3) is 6.01 Å². The lowest BCUT2D eigenvalue weighted by atomic mass is 10.2. The Bertz CT molecular complexity index is 1040. The van der Waals surface area contributed by atoms with Crippen molar-refractivity contribution in [2.45, 2.75) is 24.7 Å². The topological polar surface area (TPSA) is 101 Å². The number of hydrogen-bond acceptors (Lipinski definition) is 6. The first kappa shape index (κ1) is 19.9. The second-order valence-corrected chi connectivity index (χ2v) is 8.50. The van der Waals surface area contributed by atoms with Gasteiger partial charge >= 0.3 is 5.97 Å². The van der Waals surface area contributed by atoms with E-state index in [2.05, 4.69) is 4.98 Å². The minimum Gasteiger partial charge on any atom is -0.478 e. The molecule has 8 heteroatoms. The predicted octanol–water partition coefficient (Wildman–Crippen LogP) is 3.61. The molecule has 0 spiro atoms. The summed E-state index contributed by atoms with van der Waals surface area (Å²) in [7, 11) is -3.79. The zero-order valence-electron chi connectivity index (χ0n) is 15.5. The van der Waals surface area contributed by atoms with E-state index >= 15 is 0 Å². The van der Waals surface area contributed by atoms with Crippen LogP contribution in [0.2, 0.25) is 0 Å². The van der Waals surface area contributed by atoms with Gasteiger partial charge in [-0.25, -0.2) is 13.2 Å². The van der Waals surface area contributed by atoms with Gasteiger partial charge in [-0.2, -0.15) is 4.98 Å². The van der Waals surface area contributed by atoms with Crippen LogP contribution in [0.15, 0.2) is 57.8 Å². The lowest BCUT2D eigenvalue weighted by Crippen LogP contribution is -2.31. The highest BCUT2D eigenvalue weighted by atomic mass is 32.2. The molecule has 0 amide bonds. The van der Waals surface area contributed by atoms with E-state index in [4.69, 9.17) is 4.42 Å². The number of anilines is 1. The number of nitrogens with zero attached hydrogens (tertiary/aromatic N) is 2. The number of carboxylic acids is 1. The van der Waals surface area contributed by atoms with Crippen LogP contribution in [-0.4, -0.2) is 43.3 Å². The molecule has 0 aliphatic carbocycles. The molecule has 0 aliphatic heterocycles. The fraction of sp³-hybridized carbons (Fsp3) is 0.300. The van der Waals surface area contributed by atoms with Crippen LogP contribution >= 0.6 is 0 Å². The normalized spacial score (nSPS) is 11.6. The van der Waals surface area contributed by atoms with Gasteiger partial charge in [0, 0.05) is 13.1 Å². The van der Waals surface area contributed by atoms with E-state index in [0.29, 0.717) is 23.7 Å². The maximum Gasteiger partial charge on any atom is 0.337 e. The van der Waals surface area contributed by atoms with Crippen molar-refractivity contribution in [2.24, 2.45) is 0 Å². The Morgan fingerprint density at radius 3 is 2.54 bits per heavy atom. The van der Waals surface area contributed by atoms with E-state index in [9.17, 15) is 18.3 Å². The minimum atomic E-state index is -3.79. The molecule has 0 atom stereocenters. The third-order valence-corrected chi connectivity index (χ3v) is 6.16. The quantitative estimate of drug-likeness (QED) is 0.583. The molecular formula is C20H22N2O5S. The predicted molar refractivity (Wildman–Crippen MR) is 107 cm³/mol. The molecule has 1 aromatic heterocycles. The first-order valence-electron chi connectivity index (χ1n) is 9.08.